The lowest BCUT2D eigenvalue weighted by atomic mass is 9.67. The smallest absolute Gasteiger partial charge is 0.316 e. The number of ketones is 2. The first-order chi connectivity index (χ1) is 13.7. The molecule has 0 saturated heterocycles. The van der Waals surface area contributed by atoms with Gasteiger partial charge in [-0.3, -0.25) is 14.4 Å². The van der Waals surface area contributed by atoms with E-state index in [9.17, 15) is 29.7 Å². The minimum atomic E-state index is -1.63. The number of phenols is 1. The predicted molar refractivity (Wildman–Crippen MR) is 101 cm³/mol. The lowest BCUT2D eigenvalue weighted by molar-refractivity contribution is -0.153. The van der Waals surface area contributed by atoms with Crippen molar-refractivity contribution in [1.29, 1.82) is 0 Å². The van der Waals surface area contributed by atoms with Gasteiger partial charge in [0.1, 0.15) is 11.7 Å². The molecule has 0 unspecified atom stereocenters. The Morgan fingerprint density at radius 3 is 2.38 bits per heavy atom. The van der Waals surface area contributed by atoms with Crippen molar-refractivity contribution in [1.82, 2.24) is 0 Å². The fraction of sp³-hybridized carbons (Fsp3) is 0.318. The van der Waals surface area contributed by atoms with Gasteiger partial charge in [-0.05, 0) is 18.1 Å². The van der Waals surface area contributed by atoms with E-state index >= 15 is 0 Å². The summed E-state index contributed by atoms with van der Waals surface area (Å²) in [5.74, 6) is -3.51. The maximum Gasteiger partial charge on any atom is 0.316 e. The van der Waals surface area contributed by atoms with Crippen LogP contribution in [0, 0.1) is 0 Å². The van der Waals surface area contributed by atoms with Crippen LogP contribution in [0.5, 0.6) is 5.75 Å². The Morgan fingerprint density at radius 2 is 1.79 bits per heavy atom. The van der Waals surface area contributed by atoms with Gasteiger partial charge in [0.2, 0.25) is 0 Å². The second kappa shape index (κ2) is 6.50. The van der Waals surface area contributed by atoms with Gasteiger partial charge >= 0.3 is 5.97 Å². The Bertz CT molecular complexity index is 1070. The summed E-state index contributed by atoms with van der Waals surface area (Å²) in [6.45, 7) is 1.66. The molecule has 3 N–H and O–H groups in total. The van der Waals surface area contributed by atoms with E-state index in [1.807, 2.05) is 0 Å². The number of methoxy groups -OCH3 is 1. The maximum absolute atomic E-state index is 13.0. The fourth-order valence-electron chi connectivity index (χ4n) is 4.52. The topological polar surface area (TPSA) is 121 Å². The standard InChI is InChI=1S/C22H20O7/c1-3-22(28)9-14(23)15-12(17(22)21(27)29-2)8-13-16(20(15)26)19(25)11-7-5-4-6-10(11)18(13)24/h4-8,14,17,23,26,28H,3,9H2,1-2H3/t14-,17+,22-/m1/s1. The number of hydrogen-bond acceptors (Lipinski definition) is 7. The number of rotatable bonds is 2. The average molecular weight is 396 g/mol. The van der Waals surface area contributed by atoms with Crippen molar-refractivity contribution >= 4 is 17.5 Å². The van der Waals surface area contributed by atoms with Gasteiger partial charge in [-0.15, -0.1) is 0 Å². The molecule has 2 aromatic rings. The van der Waals surface area contributed by atoms with E-state index in [2.05, 4.69) is 0 Å². The van der Waals surface area contributed by atoms with Gasteiger partial charge in [0, 0.05) is 28.7 Å². The Kier molecular flexibility index (Phi) is 4.33. The molecule has 4 rings (SSSR count). The number of fused-ring (bicyclic) bond motifs is 3. The van der Waals surface area contributed by atoms with E-state index < -0.39 is 40.9 Å². The summed E-state index contributed by atoms with van der Waals surface area (Å²) >= 11 is 0. The molecule has 0 radical (unpaired) electrons. The molecule has 0 aromatic heterocycles. The van der Waals surface area contributed by atoms with Crippen molar-refractivity contribution in [3.8, 4) is 5.75 Å². The van der Waals surface area contributed by atoms with E-state index in [1.54, 1.807) is 19.1 Å². The van der Waals surface area contributed by atoms with Crippen molar-refractivity contribution in [3.63, 3.8) is 0 Å². The van der Waals surface area contributed by atoms with Crippen LogP contribution in [0.15, 0.2) is 30.3 Å². The molecule has 0 heterocycles. The molecule has 2 aliphatic rings. The Hall–Kier alpha value is -3.03. The Labute approximate surface area is 166 Å². The SMILES string of the molecule is CC[C@@]1(O)C[C@@H](O)c2c(cc3c(c2O)C(=O)c2ccccc2C3=O)[C@H]1C(=O)OC. The molecular weight excluding hydrogens is 376 g/mol. The molecule has 0 amide bonds. The lowest BCUT2D eigenvalue weighted by Gasteiger charge is -2.42. The van der Waals surface area contributed by atoms with Crippen molar-refractivity contribution in [2.45, 2.75) is 37.4 Å². The summed E-state index contributed by atoms with van der Waals surface area (Å²) in [7, 11) is 1.17. The van der Waals surface area contributed by atoms with E-state index in [0.717, 1.165) is 0 Å². The van der Waals surface area contributed by atoms with Crippen LogP contribution < -0.4 is 0 Å². The fourth-order valence-corrected chi connectivity index (χ4v) is 4.52. The summed E-state index contributed by atoms with van der Waals surface area (Å²) in [4.78, 5) is 38.6. The van der Waals surface area contributed by atoms with Gasteiger partial charge in [-0.2, -0.15) is 0 Å². The molecule has 0 aliphatic heterocycles. The van der Waals surface area contributed by atoms with E-state index in [4.69, 9.17) is 4.74 Å². The number of ether oxygens (including phenoxy) is 1. The molecule has 2 aliphatic carbocycles. The number of benzene rings is 2. The van der Waals surface area contributed by atoms with E-state index in [0.29, 0.717) is 0 Å². The molecular formula is C22H20O7. The van der Waals surface area contributed by atoms with Gasteiger partial charge in [0.15, 0.2) is 11.6 Å². The van der Waals surface area contributed by atoms with Gasteiger partial charge in [0.05, 0.1) is 24.4 Å². The molecule has 2 aromatic carbocycles. The zero-order valence-electron chi connectivity index (χ0n) is 15.9. The first kappa shape index (κ1) is 19.3. The minimum Gasteiger partial charge on any atom is -0.507 e. The average Bonchev–Trinajstić information content (AvgIpc) is 2.71. The van der Waals surface area contributed by atoms with E-state index in [-0.39, 0.29) is 46.2 Å². The summed E-state index contributed by atoms with van der Waals surface area (Å²) in [5, 5.41) is 32.6. The number of hydrogen-bond donors (Lipinski definition) is 3. The van der Waals surface area contributed by atoms with Gasteiger partial charge < -0.3 is 20.1 Å². The number of aromatic hydroxyl groups is 1. The molecule has 0 spiro atoms. The number of carbonyl (C=O) groups excluding carboxylic acids is 3. The summed E-state index contributed by atoms with van der Waals surface area (Å²) in [6.07, 6.45) is -1.40. The number of esters is 1. The quantitative estimate of drug-likeness (QED) is 0.567. The number of carbonyl (C=O) groups is 3. The highest BCUT2D eigenvalue weighted by Crippen LogP contribution is 2.51. The Morgan fingerprint density at radius 1 is 1.17 bits per heavy atom. The second-order valence-electron chi connectivity index (χ2n) is 7.49. The van der Waals surface area contributed by atoms with Crippen LogP contribution in [0.3, 0.4) is 0 Å². The van der Waals surface area contributed by atoms with Crippen molar-refractivity contribution in [3.05, 3.63) is 63.7 Å². The lowest BCUT2D eigenvalue weighted by Crippen LogP contribution is -2.46. The summed E-state index contributed by atoms with van der Waals surface area (Å²) < 4.78 is 4.85. The molecule has 0 fully saturated rings. The van der Waals surface area contributed by atoms with E-state index in [1.165, 1.54) is 25.3 Å². The number of aliphatic hydroxyl groups is 2. The van der Waals surface area contributed by atoms with Crippen LogP contribution in [0.25, 0.3) is 0 Å². The first-order valence-corrected chi connectivity index (χ1v) is 9.31. The number of phenolic OH excluding ortho intramolecular Hbond substituents is 1. The summed E-state index contributed by atoms with van der Waals surface area (Å²) in [5.41, 5.74) is -1.46. The van der Waals surface area contributed by atoms with Crippen molar-refractivity contribution < 1.29 is 34.4 Å². The normalized spacial score (nSPS) is 25.1. The highest BCUT2D eigenvalue weighted by Gasteiger charge is 2.51. The third-order valence-corrected chi connectivity index (χ3v) is 6.04. The van der Waals surface area contributed by atoms with Crippen molar-refractivity contribution in [2.24, 2.45) is 0 Å². The molecule has 0 bridgehead atoms. The Balaban J connectivity index is 2.03. The zero-order valence-corrected chi connectivity index (χ0v) is 15.9. The maximum atomic E-state index is 13.0. The third kappa shape index (κ3) is 2.54. The highest BCUT2D eigenvalue weighted by molar-refractivity contribution is 6.29. The van der Waals surface area contributed by atoms with Crippen LogP contribution in [0.2, 0.25) is 0 Å². The molecule has 7 heteroatoms. The molecule has 0 saturated carbocycles. The minimum absolute atomic E-state index is 0.0298. The van der Waals surface area contributed by atoms with Gasteiger partial charge in [-0.25, -0.2) is 0 Å². The largest absolute Gasteiger partial charge is 0.507 e. The van der Waals surface area contributed by atoms with Crippen LogP contribution in [-0.4, -0.2) is 45.6 Å². The first-order valence-electron chi connectivity index (χ1n) is 9.31. The second-order valence-corrected chi connectivity index (χ2v) is 7.49. The van der Waals surface area contributed by atoms with Crippen LogP contribution in [0.4, 0.5) is 0 Å². The predicted octanol–water partition coefficient (Wildman–Crippen LogP) is 2.00. The third-order valence-electron chi connectivity index (χ3n) is 6.04. The van der Waals surface area contributed by atoms with Crippen LogP contribution >= 0.6 is 0 Å². The van der Waals surface area contributed by atoms with Crippen LogP contribution in [0.1, 0.15) is 74.8 Å². The number of aliphatic hydroxyl groups excluding tert-OH is 1. The molecule has 3 atom stereocenters. The van der Waals surface area contributed by atoms with Crippen LogP contribution in [-0.2, 0) is 9.53 Å². The molecule has 150 valence electrons. The zero-order chi connectivity index (χ0) is 21.1. The monoisotopic (exact) mass is 396 g/mol. The summed E-state index contributed by atoms with van der Waals surface area (Å²) in [6, 6.07) is 7.59. The van der Waals surface area contributed by atoms with Gasteiger partial charge in [0.25, 0.3) is 0 Å². The molecule has 7 nitrogen and oxygen atoms in total. The van der Waals surface area contributed by atoms with Gasteiger partial charge in [-0.1, -0.05) is 31.2 Å². The molecule has 29 heavy (non-hydrogen) atoms. The highest BCUT2D eigenvalue weighted by atomic mass is 16.5. The van der Waals surface area contributed by atoms with Crippen molar-refractivity contribution in [2.75, 3.05) is 7.11 Å².